The van der Waals surface area contributed by atoms with Crippen molar-refractivity contribution in [1.82, 2.24) is 10.1 Å². The van der Waals surface area contributed by atoms with E-state index in [2.05, 4.69) is 10.1 Å². The van der Waals surface area contributed by atoms with E-state index in [1.54, 1.807) is 6.92 Å². The molecule has 0 bridgehead atoms. The molecule has 1 aromatic carbocycles. The topological polar surface area (TPSA) is 118 Å². The Morgan fingerprint density at radius 3 is 2.86 bits per heavy atom. The molecule has 0 saturated carbocycles. The summed E-state index contributed by atoms with van der Waals surface area (Å²) in [6.07, 6.45) is 0. The fraction of sp³-hybridized carbons (Fsp3) is 0.250. The van der Waals surface area contributed by atoms with E-state index >= 15 is 0 Å². The van der Waals surface area contributed by atoms with Crippen molar-refractivity contribution in [2.75, 3.05) is 13.7 Å². The molecule has 9 heteroatoms. The fourth-order valence-electron chi connectivity index (χ4n) is 1.58. The number of nitrogens with zero attached hydrogens (tertiary/aromatic N) is 3. The first-order valence-corrected chi connectivity index (χ1v) is 5.90. The zero-order valence-electron chi connectivity index (χ0n) is 11.2. The van der Waals surface area contributed by atoms with Gasteiger partial charge < -0.3 is 14.0 Å². The van der Waals surface area contributed by atoms with Crippen LogP contribution in [0.5, 0.6) is 5.75 Å². The summed E-state index contributed by atoms with van der Waals surface area (Å²) in [5.41, 5.74) is 0.201. The fourth-order valence-corrected chi connectivity index (χ4v) is 1.58. The third-order valence-corrected chi connectivity index (χ3v) is 2.51. The number of non-ortho nitro benzene ring substituents is 1. The second-order valence-electron chi connectivity index (χ2n) is 3.79. The highest BCUT2D eigenvalue weighted by molar-refractivity contribution is 5.85. The number of rotatable bonds is 5. The van der Waals surface area contributed by atoms with Gasteiger partial charge in [0.25, 0.3) is 17.4 Å². The molecule has 0 amide bonds. The van der Waals surface area contributed by atoms with Gasteiger partial charge in [0.2, 0.25) is 0 Å². The average molecular weight is 293 g/mol. The minimum atomic E-state index is -0.714. The lowest BCUT2D eigenvalue weighted by molar-refractivity contribution is -0.384. The SMILES string of the molecule is CCOC(=O)c1noc(-c2ccc([N+](=O)[O-])cc2OC)n1. The number of benzene rings is 1. The Bertz CT molecular complexity index is 681. The molecular weight excluding hydrogens is 282 g/mol. The lowest BCUT2D eigenvalue weighted by Crippen LogP contribution is -2.06. The molecule has 0 aliphatic carbocycles. The molecule has 21 heavy (non-hydrogen) atoms. The van der Waals surface area contributed by atoms with Crippen LogP contribution in [0.2, 0.25) is 0 Å². The van der Waals surface area contributed by atoms with Gasteiger partial charge in [-0.2, -0.15) is 4.98 Å². The normalized spacial score (nSPS) is 10.2. The maximum Gasteiger partial charge on any atom is 0.379 e. The molecular formula is C12H11N3O6. The molecule has 0 unspecified atom stereocenters. The van der Waals surface area contributed by atoms with Crippen LogP contribution in [0.1, 0.15) is 17.5 Å². The Balaban J connectivity index is 2.38. The maximum atomic E-state index is 11.5. The molecule has 0 radical (unpaired) electrons. The molecule has 0 saturated heterocycles. The largest absolute Gasteiger partial charge is 0.496 e. The van der Waals surface area contributed by atoms with E-state index in [9.17, 15) is 14.9 Å². The van der Waals surface area contributed by atoms with Crippen molar-refractivity contribution in [3.63, 3.8) is 0 Å². The molecule has 0 spiro atoms. The van der Waals surface area contributed by atoms with E-state index < -0.39 is 10.9 Å². The number of carbonyl (C=O) groups excluding carboxylic acids is 1. The number of aromatic nitrogens is 2. The van der Waals surface area contributed by atoms with Crippen molar-refractivity contribution in [2.24, 2.45) is 0 Å². The highest BCUT2D eigenvalue weighted by Crippen LogP contribution is 2.32. The van der Waals surface area contributed by atoms with Crippen molar-refractivity contribution in [1.29, 1.82) is 0 Å². The van der Waals surface area contributed by atoms with Gasteiger partial charge in [-0.25, -0.2) is 4.79 Å². The molecule has 2 aromatic rings. The first kappa shape index (κ1) is 14.4. The summed E-state index contributed by atoms with van der Waals surface area (Å²) in [6, 6.07) is 3.90. The van der Waals surface area contributed by atoms with E-state index in [0.29, 0.717) is 5.56 Å². The average Bonchev–Trinajstić information content (AvgIpc) is 2.96. The van der Waals surface area contributed by atoms with Gasteiger partial charge >= 0.3 is 5.97 Å². The van der Waals surface area contributed by atoms with Crippen LogP contribution in [-0.4, -0.2) is 34.7 Å². The van der Waals surface area contributed by atoms with Crippen LogP contribution >= 0.6 is 0 Å². The molecule has 9 nitrogen and oxygen atoms in total. The van der Waals surface area contributed by atoms with Crippen LogP contribution < -0.4 is 4.74 Å². The predicted octanol–water partition coefficient (Wildman–Crippen LogP) is 1.83. The summed E-state index contributed by atoms with van der Waals surface area (Å²) >= 11 is 0. The third kappa shape index (κ3) is 2.96. The Hall–Kier alpha value is -2.97. The highest BCUT2D eigenvalue weighted by Gasteiger charge is 2.20. The molecule has 1 aromatic heterocycles. The number of esters is 1. The van der Waals surface area contributed by atoms with Crippen molar-refractivity contribution in [2.45, 2.75) is 6.92 Å². The van der Waals surface area contributed by atoms with Crippen LogP contribution in [0, 0.1) is 10.1 Å². The van der Waals surface area contributed by atoms with Gasteiger partial charge in [-0.05, 0) is 18.1 Å². The molecule has 2 rings (SSSR count). The number of carbonyl (C=O) groups is 1. The summed E-state index contributed by atoms with van der Waals surface area (Å²) in [6.45, 7) is 1.84. The Morgan fingerprint density at radius 2 is 2.24 bits per heavy atom. The van der Waals surface area contributed by atoms with Crippen molar-refractivity contribution in [3.05, 3.63) is 34.1 Å². The Labute approximate surface area is 118 Å². The first-order chi connectivity index (χ1) is 10.1. The van der Waals surface area contributed by atoms with E-state index in [4.69, 9.17) is 14.0 Å². The van der Waals surface area contributed by atoms with E-state index in [1.807, 2.05) is 0 Å². The summed E-state index contributed by atoms with van der Waals surface area (Å²) in [5.74, 6) is -0.756. The van der Waals surface area contributed by atoms with Crippen LogP contribution in [0.15, 0.2) is 22.7 Å². The number of ether oxygens (including phenoxy) is 2. The Kier molecular flexibility index (Phi) is 4.12. The van der Waals surface area contributed by atoms with Gasteiger partial charge in [0.15, 0.2) is 0 Å². The molecule has 1 heterocycles. The third-order valence-electron chi connectivity index (χ3n) is 2.51. The molecule has 110 valence electrons. The number of nitro groups is 1. The second kappa shape index (κ2) is 5.99. The summed E-state index contributed by atoms with van der Waals surface area (Å²) in [4.78, 5) is 25.5. The van der Waals surface area contributed by atoms with E-state index in [0.717, 1.165) is 0 Å². The van der Waals surface area contributed by atoms with Crippen LogP contribution in [0.25, 0.3) is 11.5 Å². The van der Waals surface area contributed by atoms with Gasteiger partial charge in [-0.3, -0.25) is 10.1 Å². The lowest BCUT2D eigenvalue weighted by atomic mass is 10.2. The summed E-state index contributed by atoms with van der Waals surface area (Å²) in [7, 11) is 1.35. The van der Waals surface area contributed by atoms with Crippen LogP contribution in [0.4, 0.5) is 5.69 Å². The van der Waals surface area contributed by atoms with Gasteiger partial charge in [-0.1, -0.05) is 0 Å². The monoisotopic (exact) mass is 293 g/mol. The quantitative estimate of drug-likeness (QED) is 0.465. The zero-order valence-corrected chi connectivity index (χ0v) is 11.2. The molecule has 0 fully saturated rings. The number of methoxy groups -OCH3 is 1. The minimum Gasteiger partial charge on any atom is -0.496 e. The smallest absolute Gasteiger partial charge is 0.379 e. The standard InChI is InChI=1S/C12H11N3O6/c1-3-20-12(16)10-13-11(21-14-10)8-5-4-7(15(17)18)6-9(8)19-2/h4-6H,3H2,1-2H3. The minimum absolute atomic E-state index is 0.00445. The van der Waals surface area contributed by atoms with Gasteiger partial charge in [0, 0.05) is 6.07 Å². The van der Waals surface area contributed by atoms with Gasteiger partial charge in [0.05, 0.1) is 30.3 Å². The molecule has 0 aliphatic heterocycles. The summed E-state index contributed by atoms with van der Waals surface area (Å²) in [5, 5.41) is 14.2. The highest BCUT2D eigenvalue weighted by atomic mass is 16.6. The number of hydrogen-bond donors (Lipinski definition) is 0. The maximum absolute atomic E-state index is 11.5. The lowest BCUT2D eigenvalue weighted by Gasteiger charge is -2.03. The molecule has 0 aliphatic rings. The van der Waals surface area contributed by atoms with Crippen molar-refractivity contribution >= 4 is 11.7 Å². The van der Waals surface area contributed by atoms with E-state index in [-0.39, 0.29) is 29.8 Å². The molecule has 0 N–H and O–H groups in total. The predicted molar refractivity (Wildman–Crippen MR) is 68.9 cm³/mol. The first-order valence-electron chi connectivity index (χ1n) is 5.90. The number of hydrogen-bond acceptors (Lipinski definition) is 8. The second-order valence-corrected chi connectivity index (χ2v) is 3.79. The van der Waals surface area contributed by atoms with Crippen molar-refractivity contribution < 1.29 is 23.7 Å². The zero-order chi connectivity index (χ0) is 15.4. The van der Waals surface area contributed by atoms with Crippen molar-refractivity contribution in [3.8, 4) is 17.2 Å². The van der Waals surface area contributed by atoms with Gasteiger partial charge in [-0.15, -0.1) is 0 Å². The van der Waals surface area contributed by atoms with Crippen LogP contribution in [0.3, 0.4) is 0 Å². The number of nitro benzene ring substituents is 1. The summed E-state index contributed by atoms with van der Waals surface area (Å²) < 4.78 is 14.7. The van der Waals surface area contributed by atoms with Gasteiger partial charge in [0.1, 0.15) is 5.75 Å². The Morgan fingerprint density at radius 1 is 1.48 bits per heavy atom. The van der Waals surface area contributed by atoms with E-state index in [1.165, 1.54) is 25.3 Å². The van der Waals surface area contributed by atoms with Crippen LogP contribution in [-0.2, 0) is 4.74 Å². The molecule has 0 atom stereocenters.